The Balaban J connectivity index is 2.11. The Hall–Kier alpha value is -0.640. The standard InChI is InChI=1S/C13H15BrF2O/c14-9-7-11(15)13(16)12(8-9)17-10-5-3-1-2-4-6-10/h7-8,10H,1-6H2. The van der Waals surface area contributed by atoms with Gasteiger partial charge in [-0.2, -0.15) is 4.39 Å². The van der Waals surface area contributed by atoms with Crippen LogP contribution in [0.4, 0.5) is 8.78 Å². The Morgan fingerprint density at radius 1 is 1.06 bits per heavy atom. The van der Waals surface area contributed by atoms with E-state index in [4.69, 9.17) is 4.74 Å². The third kappa shape index (κ3) is 3.41. The van der Waals surface area contributed by atoms with Crippen LogP contribution in [0.1, 0.15) is 38.5 Å². The fourth-order valence-electron chi connectivity index (χ4n) is 2.16. The second-order valence-corrected chi connectivity index (χ2v) is 5.35. The van der Waals surface area contributed by atoms with E-state index in [1.54, 1.807) is 0 Å². The molecule has 1 saturated carbocycles. The fraction of sp³-hybridized carbons (Fsp3) is 0.538. The summed E-state index contributed by atoms with van der Waals surface area (Å²) in [6.45, 7) is 0. The van der Waals surface area contributed by atoms with Gasteiger partial charge in [0.2, 0.25) is 5.82 Å². The molecule has 1 aliphatic rings. The fourth-order valence-corrected chi connectivity index (χ4v) is 2.57. The minimum absolute atomic E-state index is 0.0145. The third-order valence-electron chi connectivity index (χ3n) is 3.06. The molecule has 0 heterocycles. The monoisotopic (exact) mass is 304 g/mol. The van der Waals surface area contributed by atoms with Gasteiger partial charge in [0.05, 0.1) is 6.10 Å². The predicted molar refractivity (Wildman–Crippen MR) is 66.2 cm³/mol. The zero-order valence-corrected chi connectivity index (χ0v) is 11.1. The molecule has 0 aliphatic heterocycles. The highest BCUT2D eigenvalue weighted by Gasteiger charge is 2.18. The van der Waals surface area contributed by atoms with Crippen LogP contribution in [0.15, 0.2) is 16.6 Å². The molecular weight excluding hydrogens is 290 g/mol. The van der Waals surface area contributed by atoms with Crippen LogP contribution in [-0.4, -0.2) is 6.10 Å². The highest BCUT2D eigenvalue weighted by atomic mass is 79.9. The van der Waals surface area contributed by atoms with Gasteiger partial charge >= 0.3 is 0 Å². The number of hydrogen-bond acceptors (Lipinski definition) is 1. The summed E-state index contributed by atoms with van der Waals surface area (Å²) in [5, 5.41) is 0. The minimum Gasteiger partial charge on any atom is -0.487 e. The molecular formula is C13H15BrF2O. The van der Waals surface area contributed by atoms with Crippen LogP contribution in [0.3, 0.4) is 0 Å². The molecule has 0 saturated heterocycles. The topological polar surface area (TPSA) is 9.23 Å². The Morgan fingerprint density at radius 3 is 2.35 bits per heavy atom. The maximum absolute atomic E-state index is 13.5. The van der Waals surface area contributed by atoms with Crippen molar-refractivity contribution in [1.82, 2.24) is 0 Å². The number of benzene rings is 1. The molecule has 1 aromatic carbocycles. The van der Waals surface area contributed by atoms with E-state index < -0.39 is 11.6 Å². The van der Waals surface area contributed by atoms with Crippen molar-refractivity contribution in [3.8, 4) is 5.75 Å². The van der Waals surface area contributed by atoms with Gasteiger partial charge in [0.15, 0.2) is 11.6 Å². The predicted octanol–water partition coefficient (Wildman–Crippen LogP) is 4.83. The normalized spacial score (nSPS) is 17.8. The SMILES string of the molecule is Fc1cc(Br)cc(OC2CCCCCC2)c1F. The van der Waals surface area contributed by atoms with Gasteiger partial charge in [0.25, 0.3) is 0 Å². The van der Waals surface area contributed by atoms with Crippen molar-refractivity contribution in [2.75, 3.05) is 0 Å². The molecule has 0 atom stereocenters. The van der Waals surface area contributed by atoms with Crippen LogP contribution in [0.25, 0.3) is 0 Å². The molecule has 1 aliphatic carbocycles. The van der Waals surface area contributed by atoms with E-state index in [2.05, 4.69) is 15.9 Å². The molecule has 0 bridgehead atoms. The molecule has 0 aromatic heterocycles. The van der Waals surface area contributed by atoms with Crippen molar-refractivity contribution in [2.24, 2.45) is 0 Å². The second kappa shape index (κ2) is 5.80. The van der Waals surface area contributed by atoms with Crippen molar-refractivity contribution >= 4 is 15.9 Å². The average Bonchev–Trinajstić information content (AvgIpc) is 2.54. The van der Waals surface area contributed by atoms with Gasteiger partial charge in [-0.05, 0) is 37.8 Å². The van der Waals surface area contributed by atoms with E-state index in [0.29, 0.717) is 4.47 Å². The molecule has 94 valence electrons. The first-order chi connectivity index (χ1) is 8.16. The molecule has 0 N–H and O–H groups in total. The van der Waals surface area contributed by atoms with E-state index in [1.807, 2.05) is 0 Å². The number of halogens is 3. The van der Waals surface area contributed by atoms with E-state index >= 15 is 0 Å². The first-order valence-electron chi connectivity index (χ1n) is 5.98. The Bertz CT molecular complexity index is 387. The molecule has 1 nitrogen and oxygen atoms in total. The van der Waals surface area contributed by atoms with Gasteiger partial charge in [0, 0.05) is 4.47 Å². The third-order valence-corrected chi connectivity index (χ3v) is 3.51. The summed E-state index contributed by atoms with van der Waals surface area (Å²) in [6.07, 6.45) is 6.47. The van der Waals surface area contributed by atoms with Crippen LogP contribution >= 0.6 is 15.9 Å². The van der Waals surface area contributed by atoms with Crippen molar-refractivity contribution in [3.63, 3.8) is 0 Å². The molecule has 1 fully saturated rings. The molecule has 0 unspecified atom stereocenters. The van der Waals surface area contributed by atoms with Crippen molar-refractivity contribution in [1.29, 1.82) is 0 Å². The maximum atomic E-state index is 13.5. The highest BCUT2D eigenvalue weighted by molar-refractivity contribution is 9.10. The van der Waals surface area contributed by atoms with Crippen molar-refractivity contribution in [2.45, 2.75) is 44.6 Å². The summed E-state index contributed by atoms with van der Waals surface area (Å²) in [5.74, 6) is -1.75. The zero-order chi connectivity index (χ0) is 12.3. The van der Waals surface area contributed by atoms with Crippen LogP contribution in [-0.2, 0) is 0 Å². The van der Waals surface area contributed by atoms with Crippen LogP contribution in [0.5, 0.6) is 5.75 Å². The lowest BCUT2D eigenvalue weighted by molar-refractivity contribution is 0.174. The first-order valence-corrected chi connectivity index (χ1v) is 6.77. The molecule has 2 rings (SSSR count). The molecule has 4 heteroatoms. The van der Waals surface area contributed by atoms with Crippen LogP contribution in [0.2, 0.25) is 0 Å². The van der Waals surface area contributed by atoms with Crippen molar-refractivity contribution < 1.29 is 13.5 Å². The smallest absolute Gasteiger partial charge is 0.200 e. The largest absolute Gasteiger partial charge is 0.487 e. The van der Waals surface area contributed by atoms with Gasteiger partial charge in [-0.25, -0.2) is 4.39 Å². The maximum Gasteiger partial charge on any atom is 0.200 e. The second-order valence-electron chi connectivity index (χ2n) is 4.43. The number of ether oxygens (including phenoxy) is 1. The van der Waals surface area contributed by atoms with Gasteiger partial charge < -0.3 is 4.74 Å². The molecule has 0 spiro atoms. The van der Waals surface area contributed by atoms with Gasteiger partial charge in [0.1, 0.15) is 0 Å². The van der Waals surface area contributed by atoms with Crippen LogP contribution < -0.4 is 4.74 Å². The quantitative estimate of drug-likeness (QED) is 0.562. The van der Waals surface area contributed by atoms with E-state index in [-0.39, 0.29) is 11.9 Å². The average molecular weight is 305 g/mol. The summed E-state index contributed by atoms with van der Waals surface area (Å²) >= 11 is 3.14. The lowest BCUT2D eigenvalue weighted by Crippen LogP contribution is -2.16. The summed E-state index contributed by atoms with van der Waals surface area (Å²) in [6, 6.07) is 2.60. The molecule has 1 aromatic rings. The summed E-state index contributed by atoms with van der Waals surface area (Å²) in [4.78, 5) is 0. The summed E-state index contributed by atoms with van der Waals surface area (Å²) in [7, 11) is 0. The Morgan fingerprint density at radius 2 is 1.71 bits per heavy atom. The minimum atomic E-state index is -0.891. The first kappa shape index (κ1) is 12.8. The van der Waals surface area contributed by atoms with Crippen LogP contribution in [0, 0.1) is 11.6 Å². The van der Waals surface area contributed by atoms with Crippen molar-refractivity contribution in [3.05, 3.63) is 28.2 Å². The number of hydrogen-bond donors (Lipinski definition) is 0. The number of rotatable bonds is 2. The Kier molecular flexibility index (Phi) is 4.37. The van der Waals surface area contributed by atoms with E-state index in [9.17, 15) is 8.78 Å². The summed E-state index contributed by atoms with van der Waals surface area (Å²) in [5.41, 5.74) is 0. The molecule has 0 radical (unpaired) electrons. The zero-order valence-electron chi connectivity index (χ0n) is 9.52. The summed E-state index contributed by atoms with van der Waals surface area (Å²) < 4.78 is 32.8. The lowest BCUT2D eigenvalue weighted by Gasteiger charge is -2.17. The van der Waals surface area contributed by atoms with E-state index in [0.717, 1.165) is 31.7 Å². The Labute approximate surface area is 108 Å². The molecule has 17 heavy (non-hydrogen) atoms. The molecule has 0 amide bonds. The van der Waals surface area contributed by atoms with Gasteiger partial charge in [-0.3, -0.25) is 0 Å². The highest BCUT2D eigenvalue weighted by Crippen LogP contribution is 2.29. The van der Waals surface area contributed by atoms with E-state index in [1.165, 1.54) is 18.9 Å². The van der Waals surface area contributed by atoms with Gasteiger partial charge in [-0.15, -0.1) is 0 Å². The lowest BCUT2D eigenvalue weighted by atomic mass is 10.1. The van der Waals surface area contributed by atoms with Gasteiger partial charge in [-0.1, -0.05) is 28.8 Å².